The largest absolute Gasteiger partial charge is 0.497 e. The molecule has 146 valence electrons. The van der Waals surface area contributed by atoms with Gasteiger partial charge in [-0.2, -0.15) is 0 Å². The maximum atomic E-state index is 11.1. The van der Waals surface area contributed by atoms with Gasteiger partial charge in [0.15, 0.2) is 0 Å². The molecule has 3 aromatic rings. The van der Waals surface area contributed by atoms with Crippen molar-refractivity contribution in [1.29, 1.82) is 0 Å². The molecule has 0 fully saturated rings. The average molecular weight is 379 g/mol. The second kappa shape index (κ2) is 7.64. The summed E-state index contributed by atoms with van der Waals surface area (Å²) >= 11 is 0. The topological polar surface area (TPSA) is 80.2 Å². The standard InChI is InChI=1S/C22H25N3O3/c1-14(12-15-6-9-17(28-2)10-7-15)23-21-5-3-4-18-19-13-16(25(26)27)8-11-20(19)24-22(18)21/h6-11,13-14,21,23-24H,3-5,12H2,1-2H3. The summed E-state index contributed by atoms with van der Waals surface area (Å²) < 4.78 is 5.22. The SMILES string of the molecule is COc1ccc(CC(C)NC2CCCc3c2[nH]c2ccc([N+](=O)[O-])cc32)cc1. The van der Waals surface area contributed by atoms with Gasteiger partial charge in [-0.3, -0.25) is 10.1 Å². The predicted octanol–water partition coefficient (Wildman–Crippen LogP) is 4.68. The molecular formula is C22H25N3O3. The van der Waals surface area contributed by atoms with Gasteiger partial charge in [-0.15, -0.1) is 0 Å². The highest BCUT2D eigenvalue weighted by atomic mass is 16.6. The number of nitrogens with zero attached hydrogens (tertiary/aromatic N) is 1. The van der Waals surface area contributed by atoms with Gasteiger partial charge in [0, 0.05) is 40.8 Å². The third-order valence-electron chi connectivity index (χ3n) is 5.59. The lowest BCUT2D eigenvalue weighted by atomic mass is 9.91. The van der Waals surface area contributed by atoms with Gasteiger partial charge in [0.1, 0.15) is 5.75 Å². The summed E-state index contributed by atoms with van der Waals surface area (Å²) in [6, 6.07) is 13.8. The third kappa shape index (κ3) is 3.60. The molecule has 28 heavy (non-hydrogen) atoms. The summed E-state index contributed by atoms with van der Waals surface area (Å²) in [5.41, 5.74) is 4.80. The maximum absolute atomic E-state index is 11.1. The van der Waals surface area contributed by atoms with Crippen LogP contribution in [0.5, 0.6) is 5.75 Å². The van der Waals surface area contributed by atoms with E-state index in [1.54, 1.807) is 19.2 Å². The summed E-state index contributed by atoms with van der Waals surface area (Å²) in [4.78, 5) is 14.3. The average Bonchev–Trinajstić information content (AvgIpc) is 3.07. The van der Waals surface area contributed by atoms with Crippen LogP contribution in [-0.2, 0) is 12.8 Å². The molecule has 1 aliphatic carbocycles. The van der Waals surface area contributed by atoms with Gasteiger partial charge in [-0.05, 0) is 61.9 Å². The van der Waals surface area contributed by atoms with Gasteiger partial charge in [0.05, 0.1) is 12.0 Å². The van der Waals surface area contributed by atoms with Crippen molar-refractivity contribution in [3.05, 3.63) is 69.4 Å². The molecule has 0 saturated heterocycles. The number of fused-ring (bicyclic) bond motifs is 3. The lowest BCUT2D eigenvalue weighted by Crippen LogP contribution is -2.34. The van der Waals surface area contributed by atoms with E-state index in [9.17, 15) is 10.1 Å². The van der Waals surface area contributed by atoms with Crippen molar-refractivity contribution < 1.29 is 9.66 Å². The minimum absolute atomic E-state index is 0.150. The van der Waals surface area contributed by atoms with Crippen LogP contribution < -0.4 is 10.1 Å². The summed E-state index contributed by atoms with van der Waals surface area (Å²) in [6.45, 7) is 2.20. The first-order valence-electron chi connectivity index (χ1n) is 9.73. The maximum Gasteiger partial charge on any atom is 0.270 e. The molecule has 6 nitrogen and oxygen atoms in total. The van der Waals surface area contributed by atoms with Gasteiger partial charge in [0.2, 0.25) is 0 Å². The smallest absolute Gasteiger partial charge is 0.270 e. The molecule has 2 atom stereocenters. The zero-order chi connectivity index (χ0) is 19.7. The molecule has 0 radical (unpaired) electrons. The first-order valence-corrected chi connectivity index (χ1v) is 9.73. The van der Waals surface area contributed by atoms with Gasteiger partial charge < -0.3 is 15.0 Å². The predicted molar refractivity (Wildman–Crippen MR) is 110 cm³/mol. The molecule has 0 amide bonds. The lowest BCUT2D eigenvalue weighted by molar-refractivity contribution is -0.384. The molecule has 2 aromatic carbocycles. The van der Waals surface area contributed by atoms with Crippen molar-refractivity contribution >= 4 is 16.6 Å². The first-order chi connectivity index (χ1) is 13.5. The molecule has 0 spiro atoms. The molecule has 0 aliphatic heterocycles. The second-order valence-corrected chi connectivity index (χ2v) is 7.57. The van der Waals surface area contributed by atoms with E-state index in [2.05, 4.69) is 29.4 Å². The van der Waals surface area contributed by atoms with Crippen LogP contribution in [0.25, 0.3) is 10.9 Å². The lowest BCUT2D eigenvalue weighted by Gasteiger charge is -2.27. The number of benzene rings is 2. The van der Waals surface area contributed by atoms with Crippen molar-refractivity contribution in [3.8, 4) is 5.75 Å². The highest BCUT2D eigenvalue weighted by molar-refractivity contribution is 5.87. The number of ether oxygens (including phenoxy) is 1. The molecule has 2 unspecified atom stereocenters. The normalized spacial score (nSPS) is 17.3. The zero-order valence-corrected chi connectivity index (χ0v) is 16.2. The Morgan fingerprint density at radius 1 is 1.29 bits per heavy atom. The number of H-pyrrole nitrogens is 1. The molecule has 1 heterocycles. The number of methoxy groups -OCH3 is 1. The number of nitrogens with one attached hydrogen (secondary N) is 2. The Labute approximate surface area is 164 Å². The number of hydrogen-bond donors (Lipinski definition) is 2. The van der Waals surface area contributed by atoms with Crippen molar-refractivity contribution in [2.24, 2.45) is 0 Å². The summed E-state index contributed by atoms with van der Waals surface area (Å²) in [7, 11) is 1.68. The van der Waals surface area contributed by atoms with Crippen molar-refractivity contribution in [3.63, 3.8) is 0 Å². The van der Waals surface area contributed by atoms with Crippen LogP contribution in [0, 0.1) is 10.1 Å². The van der Waals surface area contributed by atoms with E-state index in [4.69, 9.17) is 4.74 Å². The molecule has 2 N–H and O–H groups in total. The van der Waals surface area contributed by atoms with Crippen LogP contribution in [0.4, 0.5) is 5.69 Å². The van der Waals surface area contributed by atoms with E-state index in [-0.39, 0.29) is 16.7 Å². The molecule has 6 heteroatoms. The Morgan fingerprint density at radius 3 is 2.79 bits per heavy atom. The van der Waals surface area contributed by atoms with Gasteiger partial charge in [-0.25, -0.2) is 0 Å². The number of nitro benzene ring substituents is 1. The van der Waals surface area contributed by atoms with Gasteiger partial charge >= 0.3 is 0 Å². The summed E-state index contributed by atoms with van der Waals surface area (Å²) in [5.74, 6) is 0.869. The Bertz CT molecular complexity index is 994. The van der Waals surface area contributed by atoms with Crippen LogP contribution in [-0.4, -0.2) is 23.1 Å². The fraction of sp³-hybridized carbons (Fsp3) is 0.364. The third-order valence-corrected chi connectivity index (χ3v) is 5.59. The monoisotopic (exact) mass is 379 g/mol. The number of aromatic amines is 1. The van der Waals surface area contributed by atoms with Crippen molar-refractivity contribution in [2.75, 3.05) is 7.11 Å². The molecular weight excluding hydrogens is 354 g/mol. The van der Waals surface area contributed by atoms with E-state index in [1.165, 1.54) is 16.8 Å². The van der Waals surface area contributed by atoms with E-state index in [0.717, 1.165) is 42.3 Å². The van der Waals surface area contributed by atoms with Crippen LogP contribution in [0.3, 0.4) is 0 Å². The Morgan fingerprint density at radius 2 is 2.07 bits per heavy atom. The number of aromatic nitrogens is 1. The van der Waals surface area contributed by atoms with Crippen molar-refractivity contribution in [2.45, 2.75) is 44.7 Å². The molecule has 1 aromatic heterocycles. The number of nitro groups is 1. The molecule has 0 saturated carbocycles. The first kappa shape index (κ1) is 18.5. The Hall–Kier alpha value is -2.86. The highest BCUT2D eigenvalue weighted by Gasteiger charge is 2.26. The number of hydrogen-bond acceptors (Lipinski definition) is 4. The number of non-ortho nitro benzene ring substituents is 1. The van der Waals surface area contributed by atoms with Crippen molar-refractivity contribution in [1.82, 2.24) is 10.3 Å². The van der Waals surface area contributed by atoms with Crippen LogP contribution in [0.1, 0.15) is 42.6 Å². The van der Waals surface area contributed by atoms with Crippen LogP contribution in [0.2, 0.25) is 0 Å². The van der Waals surface area contributed by atoms with Gasteiger partial charge in [0.25, 0.3) is 5.69 Å². The second-order valence-electron chi connectivity index (χ2n) is 7.57. The minimum atomic E-state index is -0.325. The fourth-order valence-corrected chi connectivity index (χ4v) is 4.25. The number of rotatable bonds is 6. The van der Waals surface area contributed by atoms with E-state index >= 15 is 0 Å². The molecule has 4 rings (SSSR count). The van der Waals surface area contributed by atoms with Crippen LogP contribution >= 0.6 is 0 Å². The van der Waals surface area contributed by atoms with Gasteiger partial charge in [-0.1, -0.05) is 12.1 Å². The molecule has 0 bridgehead atoms. The summed E-state index contributed by atoms with van der Waals surface area (Å²) in [6.07, 6.45) is 4.04. The van der Waals surface area contributed by atoms with Crippen LogP contribution in [0.15, 0.2) is 42.5 Å². The highest BCUT2D eigenvalue weighted by Crippen LogP contribution is 2.36. The fourth-order valence-electron chi connectivity index (χ4n) is 4.25. The summed E-state index contributed by atoms with van der Waals surface area (Å²) in [5, 5.41) is 15.9. The Balaban J connectivity index is 1.53. The van der Waals surface area contributed by atoms with E-state index in [0.29, 0.717) is 6.04 Å². The number of aryl methyl sites for hydroxylation is 1. The van der Waals surface area contributed by atoms with E-state index < -0.39 is 0 Å². The Kier molecular flexibility index (Phi) is 5.05. The quantitative estimate of drug-likeness (QED) is 0.481. The molecule has 1 aliphatic rings. The van der Waals surface area contributed by atoms with E-state index in [1.807, 2.05) is 18.2 Å². The minimum Gasteiger partial charge on any atom is -0.497 e. The zero-order valence-electron chi connectivity index (χ0n) is 16.2.